The molecule has 3 N–H and O–H groups in total. The quantitative estimate of drug-likeness (QED) is 0.660. The van der Waals surface area contributed by atoms with E-state index >= 15 is 0 Å². The molecule has 2 rings (SSSR count). The van der Waals surface area contributed by atoms with Crippen LogP contribution in [0, 0.1) is 0 Å². The molecular weight excluding hydrogens is 272 g/mol. The summed E-state index contributed by atoms with van der Waals surface area (Å²) in [5.41, 5.74) is 7.62. The molecule has 20 heavy (non-hydrogen) atoms. The van der Waals surface area contributed by atoms with Gasteiger partial charge in [0.15, 0.2) is 0 Å². The van der Waals surface area contributed by atoms with E-state index in [0.29, 0.717) is 17.3 Å². The number of anilines is 2. The zero-order valence-corrected chi connectivity index (χ0v) is 12.8. The number of hydrogen-bond acceptors (Lipinski definition) is 5. The van der Waals surface area contributed by atoms with Crippen molar-refractivity contribution >= 4 is 29.1 Å². The summed E-state index contributed by atoms with van der Waals surface area (Å²) in [5.74, 6) is -0.392. The Morgan fingerprint density at radius 2 is 2.25 bits per heavy atom. The van der Waals surface area contributed by atoms with Crippen molar-refractivity contribution in [2.75, 3.05) is 24.4 Å². The number of hydrogen-bond donors (Lipinski definition) is 2. The van der Waals surface area contributed by atoms with E-state index in [9.17, 15) is 4.79 Å². The number of ether oxygens (including phenoxy) is 1. The lowest BCUT2D eigenvalue weighted by molar-refractivity contribution is 0.0602. The Balaban J connectivity index is 2.07. The van der Waals surface area contributed by atoms with Gasteiger partial charge in [-0.3, -0.25) is 0 Å². The van der Waals surface area contributed by atoms with Crippen LogP contribution in [0.3, 0.4) is 0 Å². The summed E-state index contributed by atoms with van der Waals surface area (Å²) < 4.78 is 4.75. The summed E-state index contributed by atoms with van der Waals surface area (Å²) in [6.07, 6.45) is 7.07. The third-order valence-electron chi connectivity index (χ3n) is 3.79. The molecule has 1 fully saturated rings. The largest absolute Gasteiger partial charge is 0.465 e. The summed E-state index contributed by atoms with van der Waals surface area (Å²) in [4.78, 5) is 11.6. The highest BCUT2D eigenvalue weighted by atomic mass is 32.2. The fourth-order valence-electron chi connectivity index (χ4n) is 2.66. The van der Waals surface area contributed by atoms with E-state index in [4.69, 9.17) is 10.5 Å². The lowest BCUT2D eigenvalue weighted by atomic mass is 9.94. The standard InChI is InChI=1S/C15H22N2O2S/c1-19-15(18)13-9-11(6-7-14(13)16)17-10-4-3-5-12(8-10)20-2/h6-7,9-10,12,17H,3-5,8,16H2,1-2H3. The average Bonchev–Trinajstić information content (AvgIpc) is 2.48. The normalized spacial score (nSPS) is 22.3. The first-order chi connectivity index (χ1) is 9.63. The molecule has 0 heterocycles. The number of nitrogens with one attached hydrogen (secondary N) is 1. The lowest BCUT2D eigenvalue weighted by Crippen LogP contribution is -2.28. The van der Waals surface area contributed by atoms with E-state index in [1.165, 1.54) is 32.8 Å². The van der Waals surface area contributed by atoms with Crippen LogP contribution in [0.25, 0.3) is 0 Å². The number of thioether (sulfide) groups is 1. The molecule has 2 atom stereocenters. The maximum atomic E-state index is 11.6. The topological polar surface area (TPSA) is 64.3 Å². The second-order valence-electron chi connectivity index (χ2n) is 5.16. The number of nitrogen functional groups attached to an aromatic ring is 1. The molecule has 0 bridgehead atoms. The van der Waals surface area contributed by atoms with Gasteiger partial charge in [0.2, 0.25) is 0 Å². The highest BCUT2D eigenvalue weighted by Gasteiger charge is 2.21. The van der Waals surface area contributed by atoms with Crippen molar-refractivity contribution in [1.82, 2.24) is 0 Å². The first-order valence-electron chi connectivity index (χ1n) is 6.91. The molecule has 110 valence electrons. The van der Waals surface area contributed by atoms with E-state index in [0.717, 1.165) is 10.9 Å². The Morgan fingerprint density at radius 1 is 1.45 bits per heavy atom. The molecule has 0 aromatic heterocycles. The fourth-order valence-corrected chi connectivity index (χ4v) is 3.49. The Hall–Kier alpha value is -1.36. The number of rotatable bonds is 4. The van der Waals surface area contributed by atoms with Gasteiger partial charge in [-0.1, -0.05) is 6.42 Å². The summed E-state index contributed by atoms with van der Waals surface area (Å²) in [7, 11) is 1.37. The summed E-state index contributed by atoms with van der Waals surface area (Å²) in [6, 6.07) is 5.92. The van der Waals surface area contributed by atoms with Crippen LogP contribution in [0.2, 0.25) is 0 Å². The number of nitrogens with two attached hydrogens (primary N) is 1. The number of benzene rings is 1. The highest BCUT2D eigenvalue weighted by Crippen LogP contribution is 2.29. The van der Waals surface area contributed by atoms with Gasteiger partial charge in [0.05, 0.1) is 12.7 Å². The average molecular weight is 294 g/mol. The van der Waals surface area contributed by atoms with E-state index < -0.39 is 5.97 Å². The molecule has 0 spiro atoms. The van der Waals surface area contributed by atoms with Gasteiger partial charge >= 0.3 is 5.97 Å². The van der Waals surface area contributed by atoms with Crippen LogP contribution >= 0.6 is 11.8 Å². The molecule has 1 aromatic rings. The van der Waals surface area contributed by atoms with Crippen molar-refractivity contribution in [3.8, 4) is 0 Å². The van der Waals surface area contributed by atoms with Crippen molar-refractivity contribution in [2.24, 2.45) is 0 Å². The summed E-state index contributed by atoms with van der Waals surface area (Å²) in [6.45, 7) is 0. The second-order valence-corrected chi connectivity index (χ2v) is 6.30. The summed E-state index contributed by atoms with van der Waals surface area (Å²) >= 11 is 1.94. The van der Waals surface area contributed by atoms with Gasteiger partial charge in [-0.25, -0.2) is 4.79 Å². The van der Waals surface area contributed by atoms with E-state index in [1.54, 1.807) is 12.1 Å². The van der Waals surface area contributed by atoms with Crippen LogP contribution in [0.15, 0.2) is 18.2 Å². The maximum absolute atomic E-state index is 11.6. The van der Waals surface area contributed by atoms with Gasteiger partial charge in [0, 0.05) is 22.7 Å². The van der Waals surface area contributed by atoms with Gasteiger partial charge in [-0.05, 0) is 43.7 Å². The molecule has 2 unspecified atom stereocenters. The second kappa shape index (κ2) is 6.88. The third kappa shape index (κ3) is 3.60. The highest BCUT2D eigenvalue weighted by molar-refractivity contribution is 7.99. The molecule has 0 radical (unpaired) electrons. The monoisotopic (exact) mass is 294 g/mol. The van der Waals surface area contributed by atoms with Crippen LogP contribution in [0.5, 0.6) is 0 Å². The minimum atomic E-state index is -0.392. The van der Waals surface area contributed by atoms with Crippen LogP contribution in [0.4, 0.5) is 11.4 Å². The van der Waals surface area contributed by atoms with Crippen molar-refractivity contribution < 1.29 is 9.53 Å². The number of carbonyl (C=O) groups is 1. The third-order valence-corrected chi connectivity index (χ3v) is 4.88. The number of carbonyl (C=O) groups excluding carboxylic acids is 1. The molecule has 1 saturated carbocycles. The molecule has 1 aromatic carbocycles. The molecule has 0 aliphatic heterocycles. The molecule has 0 amide bonds. The minimum Gasteiger partial charge on any atom is -0.465 e. The van der Waals surface area contributed by atoms with Crippen molar-refractivity contribution in [3.63, 3.8) is 0 Å². The molecule has 1 aliphatic rings. The van der Waals surface area contributed by atoms with Gasteiger partial charge in [-0.2, -0.15) is 11.8 Å². The van der Waals surface area contributed by atoms with Crippen LogP contribution in [-0.2, 0) is 4.74 Å². The van der Waals surface area contributed by atoms with Gasteiger partial charge in [-0.15, -0.1) is 0 Å². The Labute approximate surface area is 124 Å². The van der Waals surface area contributed by atoms with Crippen LogP contribution in [0.1, 0.15) is 36.0 Å². The predicted octanol–water partition coefficient (Wildman–Crippen LogP) is 3.14. The van der Waals surface area contributed by atoms with E-state index in [1.807, 2.05) is 17.8 Å². The van der Waals surface area contributed by atoms with Crippen molar-refractivity contribution in [2.45, 2.75) is 37.0 Å². The molecule has 0 saturated heterocycles. The van der Waals surface area contributed by atoms with Crippen LogP contribution < -0.4 is 11.1 Å². The van der Waals surface area contributed by atoms with Crippen molar-refractivity contribution in [3.05, 3.63) is 23.8 Å². The Bertz CT molecular complexity index is 479. The number of methoxy groups -OCH3 is 1. The predicted molar refractivity (Wildman–Crippen MR) is 85.4 cm³/mol. The SMILES string of the molecule is COC(=O)c1cc(NC2CCCC(SC)C2)ccc1N. The zero-order valence-electron chi connectivity index (χ0n) is 12.0. The first kappa shape index (κ1) is 15.0. The van der Waals surface area contributed by atoms with Gasteiger partial charge in [0.1, 0.15) is 0 Å². The van der Waals surface area contributed by atoms with E-state index in [2.05, 4.69) is 11.6 Å². The van der Waals surface area contributed by atoms with Crippen LogP contribution in [-0.4, -0.2) is 30.6 Å². The molecule has 1 aliphatic carbocycles. The van der Waals surface area contributed by atoms with E-state index in [-0.39, 0.29) is 0 Å². The minimum absolute atomic E-state index is 0.392. The molecular formula is C15H22N2O2S. The molecule has 5 heteroatoms. The van der Waals surface area contributed by atoms with Crippen molar-refractivity contribution in [1.29, 1.82) is 0 Å². The lowest BCUT2D eigenvalue weighted by Gasteiger charge is -2.29. The van der Waals surface area contributed by atoms with Gasteiger partial charge in [0.25, 0.3) is 0 Å². The number of esters is 1. The fraction of sp³-hybridized carbons (Fsp3) is 0.533. The first-order valence-corrected chi connectivity index (χ1v) is 8.20. The Morgan fingerprint density at radius 3 is 2.95 bits per heavy atom. The molecule has 4 nitrogen and oxygen atoms in total. The summed E-state index contributed by atoms with van der Waals surface area (Å²) in [5, 5.41) is 4.25. The van der Waals surface area contributed by atoms with Gasteiger partial charge < -0.3 is 15.8 Å². The Kier molecular flexibility index (Phi) is 5.17. The maximum Gasteiger partial charge on any atom is 0.340 e. The smallest absolute Gasteiger partial charge is 0.340 e. The zero-order chi connectivity index (χ0) is 14.5.